The van der Waals surface area contributed by atoms with Crippen molar-refractivity contribution in [3.63, 3.8) is 0 Å². The molecule has 0 radical (unpaired) electrons. The molecule has 2 rings (SSSR count). The van der Waals surface area contributed by atoms with E-state index in [0.717, 1.165) is 19.4 Å². The minimum Gasteiger partial charge on any atom is -0.305 e. The van der Waals surface area contributed by atoms with Gasteiger partial charge in [-0.25, -0.2) is 4.98 Å². The van der Waals surface area contributed by atoms with Crippen LogP contribution in [0.1, 0.15) is 56.3 Å². The summed E-state index contributed by atoms with van der Waals surface area (Å²) < 4.78 is 0. The number of thiazole rings is 1. The molecule has 0 fully saturated rings. The molecule has 0 saturated carbocycles. The zero-order valence-corrected chi connectivity index (χ0v) is 14.3. The molecule has 1 N–H and O–H groups in total. The molecule has 21 heavy (non-hydrogen) atoms. The van der Waals surface area contributed by atoms with Gasteiger partial charge in [0, 0.05) is 5.38 Å². The van der Waals surface area contributed by atoms with Crippen LogP contribution in [-0.4, -0.2) is 11.5 Å². The lowest BCUT2D eigenvalue weighted by Gasteiger charge is -2.32. The topological polar surface area (TPSA) is 24.9 Å². The van der Waals surface area contributed by atoms with Crippen LogP contribution in [0.15, 0.2) is 35.7 Å². The molecule has 0 aliphatic carbocycles. The quantitative estimate of drug-likeness (QED) is 0.800. The van der Waals surface area contributed by atoms with Crippen molar-refractivity contribution in [1.29, 1.82) is 0 Å². The molecule has 2 aromatic rings. The minimum absolute atomic E-state index is 0.0477. The molecular weight excluding hydrogens is 276 g/mol. The normalized spacial score (nSPS) is 14.3. The SMILES string of the molecule is CCNC(CC)(Cc1ccccc1)c1nc(C(C)C)cs1. The lowest BCUT2D eigenvalue weighted by atomic mass is 9.88. The third kappa shape index (κ3) is 3.72. The Bertz CT molecular complexity index is 547. The van der Waals surface area contributed by atoms with Crippen LogP contribution in [0.2, 0.25) is 0 Å². The molecule has 0 aliphatic rings. The smallest absolute Gasteiger partial charge is 0.113 e. The van der Waals surface area contributed by atoms with Gasteiger partial charge in [0.2, 0.25) is 0 Å². The average molecular weight is 302 g/mol. The molecule has 1 atom stereocenters. The van der Waals surface area contributed by atoms with Crippen molar-refractivity contribution < 1.29 is 0 Å². The first-order valence-electron chi connectivity index (χ1n) is 7.86. The van der Waals surface area contributed by atoms with Crippen LogP contribution in [0.4, 0.5) is 0 Å². The first-order chi connectivity index (χ1) is 10.1. The van der Waals surface area contributed by atoms with Gasteiger partial charge in [0.15, 0.2) is 0 Å². The Morgan fingerprint density at radius 3 is 2.43 bits per heavy atom. The maximum atomic E-state index is 4.92. The number of hydrogen-bond donors (Lipinski definition) is 1. The number of benzene rings is 1. The lowest BCUT2D eigenvalue weighted by Crippen LogP contribution is -2.43. The van der Waals surface area contributed by atoms with E-state index < -0.39 is 0 Å². The van der Waals surface area contributed by atoms with Crippen molar-refractivity contribution in [3.8, 4) is 0 Å². The average Bonchev–Trinajstić information content (AvgIpc) is 2.98. The standard InChI is InChI=1S/C18H26N2S/c1-5-18(19-6-2,12-15-10-8-7-9-11-15)17-20-16(13-21-17)14(3)4/h7-11,13-14,19H,5-6,12H2,1-4H3. The monoisotopic (exact) mass is 302 g/mol. The van der Waals surface area contributed by atoms with E-state index >= 15 is 0 Å². The largest absolute Gasteiger partial charge is 0.305 e. The fourth-order valence-corrected chi connectivity index (χ4v) is 3.90. The summed E-state index contributed by atoms with van der Waals surface area (Å²) in [6.45, 7) is 9.79. The predicted molar refractivity (Wildman–Crippen MR) is 92.0 cm³/mol. The highest BCUT2D eigenvalue weighted by molar-refractivity contribution is 7.09. The summed E-state index contributed by atoms with van der Waals surface area (Å²) in [5.41, 5.74) is 2.52. The van der Waals surface area contributed by atoms with E-state index in [1.807, 2.05) is 0 Å². The molecule has 114 valence electrons. The molecule has 1 heterocycles. The summed E-state index contributed by atoms with van der Waals surface area (Å²) in [6.07, 6.45) is 2.03. The molecule has 0 amide bonds. The number of nitrogens with zero attached hydrogens (tertiary/aromatic N) is 1. The van der Waals surface area contributed by atoms with Gasteiger partial charge in [-0.15, -0.1) is 11.3 Å². The van der Waals surface area contributed by atoms with Crippen LogP contribution in [0.3, 0.4) is 0 Å². The Balaban J connectivity index is 2.35. The van der Waals surface area contributed by atoms with Gasteiger partial charge in [0.1, 0.15) is 5.01 Å². The highest BCUT2D eigenvalue weighted by atomic mass is 32.1. The Hall–Kier alpha value is -1.19. The Kier molecular flexibility index (Phi) is 5.54. The van der Waals surface area contributed by atoms with E-state index in [-0.39, 0.29) is 5.54 Å². The second kappa shape index (κ2) is 7.19. The summed E-state index contributed by atoms with van der Waals surface area (Å²) in [5, 5.41) is 7.15. The first kappa shape index (κ1) is 16.2. The highest BCUT2D eigenvalue weighted by Gasteiger charge is 2.33. The summed E-state index contributed by atoms with van der Waals surface area (Å²) in [5.74, 6) is 0.489. The third-order valence-corrected chi connectivity index (χ3v) is 5.05. The molecule has 1 aromatic carbocycles. The second-order valence-corrected chi connectivity index (χ2v) is 6.72. The van der Waals surface area contributed by atoms with Crippen molar-refractivity contribution in [2.45, 2.75) is 52.0 Å². The maximum absolute atomic E-state index is 4.92. The number of aromatic nitrogens is 1. The van der Waals surface area contributed by atoms with Crippen molar-refractivity contribution in [1.82, 2.24) is 10.3 Å². The van der Waals surface area contributed by atoms with Crippen LogP contribution in [0.25, 0.3) is 0 Å². The zero-order valence-electron chi connectivity index (χ0n) is 13.5. The third-order valence-electron chi connectivity index (χ3n) is 3.99. The number of rotatable bonds is 7. The summed E-state index contributed by atoms with van der Waals surface area (Å²) in [4.78, 5) is 4.92. The van der Waals surface area contributed by atoms with Crippen LogP contribution in [-0.2, 0) is 12.0 Å². The molecule has 1 unspecified atom stereocenters. The minimum atomic E-state index is -0.0477. The van der Waals surface area contributed by atoms with Crippen LogP contribution in [0.5, 0.6) is 0 Å². The molecular formula is C18H26N2S. The number of nitrogens with one attached hydrogen (secondary N) is 1. The second-order valence-electron chi connectivity index (χ2n) is 5.86. The van der Waals surface area contributed by atoms with E-state index in [0.29, 0.717) is 5.92 Å². The van der Waals surface area contributed by atoms with Gasteiger partial charge in [0.25, 0.3) is 0 Å². The van der Waals surface area contributed by atoms with Crippen molar-refractivity contribution in [2.24, 2.45) is 0 Å². The molecule has 0 spiro atoms. The summed E-state index contributed by atoms with van der Waals surface area (Å²) in [7, 11) is 0. The Morgan fingerprint density at radius 2 is 1.90 bits per heavy atom. The fraction of sp³-hybridized carbons (Fsp3) is 0.500. The molecule has 0 bridgehead atoms. The van der Waals surface area contributed by atoms with E-state index in [9.17, 15) is 0 Å². The van der Waals surface area contributed by atoms with Crippen LogP contribution >= 0.6 is 11.3 Å². The molecule has 3 heteroatoms. The highest BCUT2D eigenvalue weighted by Crippen LogP contribution is 2.33. The zero-order chi connectivity index (χ0) is 15.3. The Morgan fingerprint density at radius 1 is 1.19 bits per heavy atom. The molecule has 1 aromatic heterocycles. The van der Waals surface area contributed by atoms with Gasteiger partial charge < -0.3 is 5.32 Å². The van der Waals surface area contributed by atoms with Gasteiger partial charge in [-0.3, -0.25) is 0 Å². The summed E-state index contributed by atoms with van der Waals surface area (Å²) in [6, 6.07) is 10.7. The maximum Gasteiger partial charge on any atom is 0.113 e. The van der Waals surface area contributed by atoms with Gasteiger partial charge in [-0.05, 0) is 30.9 Å². The number of hydrogen-bond acceptors (Lipinski definition) is 3. The fourth-order valence-electron chi connectivity index (χ4n) is 2.67. The first-order valence-corrected chi connectivity index (χ1v) is 8.74. The van der Waals surface area contributed by atoms with E-state index in [2.05, 4.69) is 68.7 Å². The molecule has 0 aliphatic heterocycles. The van der Waals surface area contributed by atoms with Gasteiger partial charge in [0.05, 0.1) is 11.2 Å². The summed E-state index contributed by atoms with van der Waals surface area (Å²) >= 11 is 1.79. The van der Waals surface area contributed by atoms with Crippen molar-refractivity contribution in [3.05, 3.63) is 52.0 Å². The van der Waals surface area contributed by atoms with E-state index in [1.165, 1.54) is 16.3 Å². The van der Waals surface area contributed by atoms with Gasteiger partial charge in [-0.2, -0.15) is 0 Å². The van der Waals surface area contributed by atoms with Crippen LogP contribution < -0.4 is 5.32 Å². The molecule has 0 saturated heterocycles. The number of likely N-dealkylation sites (N-methyl/N-ethyl adjacent to an activating group) is 1. The Labute approximate surface area is 132 Å². The lowest BCUT2D eigenvalue weighted by molar-refractivity contribution is 0.323. The van der Waals surface area contributed by atoms with E-state index in [4.69, 9.17) is 4.98 Å². The van der Waals surface area contributed by atoms with E-state index in [1.54, 1.807) is 11.3 Å². The van der Waals surface area contributed by atoms with Crippen molar-refractivity contribution >= 4 is 11.3 Å². The van der Waals surface area contributed by atoms with Gasteiger partial charge in [-0.1, -0.05) is 58.0 Å². The van der Waals surface area contributed by atoms with Gasteiger partial charge >= 0.3 is 0 Å². The molecule has 2 nitrogen and oxygen atoms in total. The predicted octanol–water partition coefficient (Wildman–Crippen LogP) is 4.72. The van der Waals surface area contributed by atoms with Crippen LogP contribution in [0, 0.1) is 0 Å². The van der Waals surface area contributed by atoms with Crippen molar-refractivity contribution in [2.75, 3.05) is 6.54 Å².